The predicted molar refractivity (Wildman–Crippen MR) is 107 cm³/mol. The highest BCUT2D eigenvalue weighted by Gasteiger charge is 2.13. The van der Waals surface area contributed by atoms with Crippen LogP contribution in [0.25, 0.3) is 11.6 Å². The van der Waals surface area contributed by atoms with E-state index in [9.17, 15) is 5.26 Å². The largest absolute Gasteiger partial charge is 0.490 e. The van der Waals surface area contributed by atoms with Crippen molar-refractivity contribution in [3.05, 3.63) is 71.8 Å². The lowest BCUT2D eigenvalue weighted by Gasteiger charge is -2.16. The number of allylic oxidation sites excluding steroid dienone is 2. The van der Waals surface area contributed by atoms with Crippen molar-refractivity contribution >= 4 is 11.6 Å². The van der Waals surface area contributed by atoms with E-state index in [2.05, 4.69) is 19.6 Å². The highest BCUT2D eigenvalue weighted by molar-refractivity contribution is 5.90. The molecule has 0 N–H and O–H groups in total. The Morgan fingerprint density at radius 2 is 1.92 bits per heavy atom. The van der Waals surface area contributed by atoms with E-state index >= 15 is 0 Å². The van der Waals surface area contributed by atoms with Gasteiger partial charge in [-0.25, -0.2) is 0 Å². The van der Waals surface area contributed by atoms with E-state index in [0.717, 1.165) is 28.9 Å². The van der Waals surface area contributed by atoms with Crippen LogP contribution in [0.2, 0.25) is 0 Å². The molecule has 26 heavy (non-hydrogen) atoms. The summed E-state index contributed by atoms with van der Waals surface area (Å²) in [4.78, 5) is 0. The van der Waals surface area contributed by atoms with Crippen LogP contribution >= 0.6 is 0 Å². The first-order valence-corrected chi connectivity index (χ1v) is 8.94. The van der Waals surface area contributed by atoms with E-state index in [1.165, 1.54) is 0 Å². The number of nitriles is 1. The molecular weight excluding hydrogens is 322 g/mol. The van der Waals surface area contributed by atoms with Gasteiger partial charge in [-0.1, -0.05) is 43.3 Å². The molecule has 0 unspecified atom stereocenters. The molecule has 0 radical (unpaired) electrons. The average Bonchev–Trinajstić information content (AvgIpc) is 2.66. The smallest absolute Gasteiger partial charge is 0.164 e. The summed E-state index contributed by atoms with van der Waals surface area (Å²) < 4.78 is 11.7. The summed E-state index contributed by atoms with van der Waals surface area (Å²) in [5.41, 5.74) is 3.43. The zero-order valence-corrected chi connectivity index (χ0v) is 15.5. The van der Waals surface area contributed by atoms with Crippen molar-refractivity contribution < 1.29 is 9.47 Å². The molecule has 0 fully saturated rings. The van der Waals surface area contributed by atoms with Gasteiger partial charge in [-0.2, -0.15) is 5.26 Å². The Morgan fingerprint density at radius 3 is 2.54 bits per heavy atom. The van der Waals surface area contributed by atoms with Crippen LogP contribution in [0, 0.1) is 11.3 Å². The van der Waals surface area contributed by atoms with Gasteiger partial charge in [-0.15, -0.1) is 6.58 Å². The quantitative estimate of drug-likeness (QED) is 0.333. The summed E-state index contributed by atoms with van der Waals surface area (Å²) in [6.45, 7) is 9.05. The van der Waals surface area contributed by atoms with Gasteiger partial charge < -0.3 is 9.47 Å². The van der Waals surface area contributed by atoms with Gasteiger partial charge in [-0.3, -0.25) is 0 Å². The van der Waals surface area contributed by atoms with Gasteiger partial charge in [0, 0.05) is 5.56 Å². The van der Waals surface area contributed by atoms with Crippen LogP contribution in [0.4, 0.5) is 0 Å². The molecule has 0 heterocycles. The van der Waals surface area contributed by atoms with Crippen molar-refractivity contribution in [2.75, 3.05) is 13.2 Å². The lowest BCUT2D eigenvalue weighted by atomic mass is 10.0. The Labute approximate surface area is 156 Å². The molecule has 0 saturated carbocycles. The molecule has 0 spiro atoms. The Bertz CT molecular complexity index is 801. The molecule has 2 aromatic rings. The third kappa shape index (κ3) is 5.00. The lowest BCUT2D eigenvalue weighted by molar-refractivity contribution is 0.275. The van der Waals surface area contributed by atoms with E-state index in [0.29, 0.717) is 31.0 Å². The number of hydrogen-bond acceptors (Lipinski definition) is 3. The molecule has 0 aliphatic carbocycles. The summed E-state index contributed by atoms with van der Waals surface area (Å²) in [5.74, 6) is 1.47. The minimum Gasteiger partial charge on any atom is -0.490 e. The van der Waals surface area contributed by atoms with Crippen molar-refractivity contribution in [1.29, 1.82) is 5.26 Å². The SMILES string of the molecule is C=CCc1cc(/C=C(\C#N)c2ccccc2)cc(OCC)c1OCCC. The van der Waals surface area contributed by atoms with Crippen molar-refractivity contribution in [3.8, 4) is 17.6 Å². The molecule has 0 saturated heterocycles. The maximum atomic E-state index is 9.57. The van der Waals surface area contributed by atoms with Crippen LogP contribution in [0.5, 0.6) is 11.5 Å². The summed E-state index contributed by atoms with van der Waals surface area (Å²) in [7, 11) is 0. The van der Waals surface area contributed by atoms with Gasteiger partial charge in [0.25, 0.3) is 0 Å². The Hall–Kier alpha value is -2.99. The third-order valence-corrected chi connectivity index (χ3v) is 3.78. The fourth-order valence-corrected chi connectivity index (χ4v) is 2.67. The van der Waals surface area contributed by atoms with Gasteiger partial charge in [0.2, 0.25) is 0 Å². The van der Waals surface area contributed by atoms with Gasteiger partial charge in [0.1, 0.15) is 0 Å². The molecule has 3 heteroatoms. The highest BCUT2D eigenvalue weighted by atomic mass is 16.5. The fraction of sp³-hybridized carbons (Fsp3) is 0.261. The number of hydrogen-bond donors (Lipinski definition) is 0. The summed E-state index contributed by atoms with van der Waals surface area (Å²) in [6, 6.07) is 15.9. The molecule has 2 aromatic carbocycles. The molecule has 0 aliphatic rings. The maximum absolute atomic E-state index is 9.57. The standard InChI is InChI=1S/C23H25NO2/c1-4-10-20-14-18(15-21(17-24)19-11-8-7-9-12-19)16-22(25-6-3)23(20)26-13-5-2/h4,7-9,11-12,14-16H,1,5-6,10,13H2,2-3H3/b21-15+. The molecular formula is C23H25NO2. The average molecular weight is 347 g/mol. The van der Waals surface area contributed by atoms with Gasteiger partial charge >= 0.3 is 0 Å². The first-order chi connectivity index (χ1) is 12.7. The molecule has 0 bridgehead atoms. The zero-order valence-electron chi connectivity index (χ0n) is 15.5. The molecule has 2 rings (SSSR count). The summed E-state index contributed by atoms with van der Waals surface area (Å²) in [5, 5.41) is 9.57. The maximum Gasteiger partial charge on any atom is 0.164 e. The van der Waals surface area contributed by atoms with Crippen molar-refractivity contribution in [3.63, 3.8) is 0 Å². The number of ether oxygens (including phenoxy) is 2. The summed E-state index contributed by atoms with van der Waals surface area (Å²) >= 11 is 0. The molecule has 0 aliphatic heterocycles. The van der Waals surface area contributed by atoms with Gasteiger partial charge in [-0.05, 0) is 49.1 Å². The molecule has 134 valence electrons. The number of rotatable bonds is 9. The van der Waals surface area contributed by atoms with Crippen molar-refractivity contribution in [1.82, 2.24) is 0 Å². The van der Waals surface area contributed by atoms with Crippen molar-refractivity contribution in [2.24, 2.45) is 0 Å². The minimum absolute atomic E-state index is 0.549. The van der Waals surface area contributed by atoms with Crippen LogP contribution < -0.4 is 9.47 Å². The van der Waals surface area contributed by atoms with Crippen LogP contribution in [-0.4, -0.2) is 13.2 Å². The van der Waals surface area contributed by atoms with E-state index in [4.69, 9.17) is 9.47 Å². The summed E-state index contributed by atoms with van der Waals surface area (Å²) in [6.07, 6.45) is 5.33. The van der Waals surface area contributed by atoms with Crippen LogP contribution in [-0.2, 0) is 6.42 Å². The first kappa shape index (κ1) is 19.3. The van der Waals surface area contributed by atoms with E-state index < -0.39 is 0 Å². The fourth-order valence-electron chi connectivity index (χ4n) is 2.67. The van der Waals surface area contributed by atoms with E-state index in [-0.39, 0.29) is 0 Å². The monoisotopic (exact) mass is 347 g/mol. The van der Waals surface area contributed by atoms with Gasteiger partial charge in [0.05, 0.1) is 24.9 Å². The number of benzene rings is 2. The van der Waals surface area contributed by atoms with Gasteiger partial charge in [0.15, 0.2) is 11.5 Å². The molecule has 3 nitrogen and oxygen atoms in total. The third-order valence-electron chi connectivity index (χ3n) is 3.78. The van der Waals surface area contributed by atoms with Crippen LogP contribution in [0.1, 0.15) is 37.0 Å². The second kappa shape index (κ2) is 10.1. The Kier molecular flexibility index (Phi) is 7.51. The van der Waals surface area contributed by atoms with E-state index in [1.54, 1.807) is 0 Å². The van der Waals surface area contributed by atoms with Crippen LogP contribution in [0.3, 0.4) is 0 Å². The minimum atomic E-state index is 0.549. The molecule has 0 atom stereocenters. The topological polar surface area (TPSA) is 42.2 Å². The van der Waals surface area contributed by atoms with Crippen molar-refractivity contribution in [2.45, 2.75) is 26.7 Å². The van der Waals surface area contributed by atoms with Crippen LogP contribution in [0.15, 0.2) is 55.1 Å². The lowest BCUT2D eigenvalue weighted by Crippen LogP contribution is -2.03. The Morgan fingerprint density at radius 1 is 1.15 bits per heavy atom. The Balaban J connectivity index is 2.52. The second-order valence-corrected chi connectivity index (χ2v) is 5.82. The second-order valence-electron chi connectivity index (χ2n) is 5.82. The van der Waals surface area contributed by atoms with E-state index in [1.807, 2.05) is 61.5 Å². The zero-order chi connectivity index (χ0) is 18.8. The molecule has 0 amide bonds. The highest BCUT2D eigenvalue weighted by Crippen LogP contribution is 2.35. The normalized spacial score (nSPS) is 10.9. The predicted octanol–water partition coefficient (Wildman–Crippen LogP) is 5.67. The number of nitrogens with zero attached hydrogens (tertiary/aromatic N) is 1. The molecule has 0 aromatic heterocycles. The first-order valence-electron chi connectivity index (χ1n) is 8.94.